The van der Waals surface area contributed by atoms with Crippen molar-refractivity contribution in [3.63, 3.8) is 0 Å². The van der Waals surface area contributed by atoms with Gasteiger partial charge in [0.2, 0.25) is 0 Å². The zero-order valence-corrected chi connectivity index (χ0v) is 10.8. The van der Waals surface area contributed by atoms with Crippen molar-refractivity contribution in [1.29, 1.82) is 0 Å². The Bertz CT molecular complexity index is 453. The molecular formula is C8H5BiS2. The second kappa shape index (κ2) is 2.51. The van der Waals surface area contributed by atoms with Crippen molar-refractivity contribution >= 4 is 50.8 Å². The zero-order valence-electron chi connectivity index (χ0n) is 5.70. The summed E-state index contributed by atoms with van der Waals surface area (Å²) in [4.78, 5) is 1.64. The first-order chi connectivity index (χ1) is 5.45. The third-order valence-corrected chi connectivity index (χ3v) is 10.5. The standard InChI is InChI=1S/C8H5S2.Bi/c1-2-8(10-4-1)7-3-5-9-6-7;/h1,3,5H,4H2;. The molecule has 0 saturated carbocycles. The van der Waals surface area contributed by atoms with Crippen LogP contribution in [0.4, 0.5) is 0 Å². The molecule has 3 heteroatoms. The number of hydrogen-bond acceptors (Lipinski definition) is 2. The molecule has 0 aliphatic carbocycles. The van der Waals surface area contributed by atoms with Gasteiger partial charge in [0, 0.05) is 0 Å². The molecule has 0 amide bonds. The fraction of sp³-hybridized carbons (Fsp3) is 0.125. The van der Waals surface area contributed by atoms with E-state index in [-0.39, 0.29) is 22.8 Å². The van der Waals surface area contributed by atoms with Crippen LogP contribution in [0.15, 0.2) is 20.8 Å². The van der Waals surface area contributed by atoms with Gasteiger partial charge in [-0.2, -0.15) is 0 Å². The first-order valence-electron chi connectivity index (χ1n) is 3.45. The molecule has 1 aromatic heterocycles. The molecule has 0 radical (unpaired) electrons. The molecule has 0 aromatic carbocycles. The Morgan fingerprint density at radius 2 is 2.45 bits per heavy atom. The van der Waals surface area contributed by atoms with Crippen LogP contribution in [0.25, 0.3) is 4.91 Å². The second-order valence-electron chi connectivity index (χ2n) is 2.48. The van der Waals surface area contributed by atoms with Gasteiger partial charge >= 0.3 is 84.7 Å². The Balaban J connectivity index is 2.55. The molecule has 2 aliphatic rings. The van der Waals surface area contributed by atoms with Crippen molar-refractivity contribution in [2.45, 2.75) is 0 Å². The Morgan fingerprint density at radius 3 is 3.45 bits per heavy atom. The van der Waals surface area contributed by atoms with E-state index in [9.17, 15) is 0 Å². The number of fused-ring (bicyclic) bond motifs is 2. The quantitative estimate of drug-likeness (QED) is 0.620. The minimum atomic E-state index is -0.381. The van der Waals surface area contributed by atoms with Gasteiger partial charge in [0.1, 0.15) is 0 Å². The van der Waals surface area contributed by atoms with Crippen molar-refractivity contribution in [3.8, 4) is 0 Å². The Morgan fingerprint density at radius 1 is 1.45 bits per heavy atom. The number of rotatable bonds is 0. The first-order valence-corrected chi connectivity index (χ1v) is 8.79. The van der Waals surface area contributed by atoms with Gasteiger partial charge in [-0.05, 0) is 0 Å². The summed E-state index contributed by atoms with van der Waals surface area (Å²) >= 11 is 3.63. The van der Waals surface area contributed by atoms with E-state index in [0.717, 1.165) is 0 Å². The van der Waals surface area contributed by atoms with Crippen molar-refractivity contribution in [3.05, 3.63) is 28.2 Å². The van der Waals surface area contributed by atoms with Gasteiger partial charge in [0.05, 0.1) is 0 Å². The van der Waals surface area contributed by atoms with E-state index in [2.05, 4.69) is 17.5 Å². The molecule has 0 unspecified atom stereocenters. The van der Waals surface area contributed by atoms with Gasteiger partial charge in [0.15, 0.2) is 0 Å². The van der Waals surface area contributed by atoms with Gasteiger partial charge < -0.3 is 0 Å². The molecule has 0 fully saturated rings. The number of hydrogen-bond donors (Lipinski definition) is 0. The Labute approximate surface area is 84.1 Å². The average Bonchev–Trinajstić information content (AvgIpc) is 2.52. The predicted octanol–water partition coefficient (Wildman–Crippen LogP) is 1.46. The van der Waals surface area contributed by atoms with E-state index in [1.807, 2.05) is 23.1 Å². The van der Waals surface area contributed by atoms with Crippen molar-refractivity contribution in [1.82, 2.24) is 0 Å². The molecule has 0 saturated heterocycles. The molecular weight excluding hydrogens is 369 g/mol. The summed E-state index contributed by atoms with van der Waals surface area (Å²) in [5.41, 5.74) is 0. The molecule has 0 nitrogen and oxygen atoms in total. The van der Waals surface area contributed by atoms with Crippen molar-refractivity contribution in [2.24, 2.45) is 0 Å². The fourth-order valence-electron chi connectivity index (χ4n) is 1.35. The molecule has 0 spiro atoms. The molecule has 54 valence electrons. The van der Waals surface area contributed by atoms with E-state index in [0.29, 0.717) is 0 Å². The van der Waals surface area contributed by atoms with Crippen LogP contribution >= 0.6 is 23.1 Å². The summed E-state index contributed by atoms with van der Waals surface area (Å²) in [7, 11) is 0. The number of thiophene rings is 1. The van der Waals surface area contributed by atoms with Crippen LogP contribution in [0.1, 0.15) is 0 Å². The normalized spacial score (nSPS) is 19.3. The van der Waals surface area contributed by atoms with Crippen LogP contribution in [-0.4, -0.2) is 28.5 Å². The third-order valence-electron chi connectivity index (χ3n) is 1.85. The molecule has 2 aliphatic heterocycles. The van der Waals surface area contributed by atoms with Gasteiger partial charge in [-0.3, -0.25) is 0 Å². The second-order valence-corrected chi connectivity index (χ2v) is 10.1. The summed E-state index contributed by atoms with van der Waals surface area (Å²) in [5.74, 6) is 1.24. The van der Waals surface area contributed by atoms with Crippen LogP contribution in [0.3, 0.4) is 0 Å². The molecule has 0 N–H and O–H groups in total. The average molecular weight is 374 g/mol. The SMILES string of the molecule is C1=[C]2[Bi]=[c]3sccc3=C2SC1. The van der Waals surface area contributed by atoms with Gasteiger partial charge in [0.25, 0.3) is 0 Å². The van der Waals surface area contributed by atoms with Crippen LogP contribution in [0, 0.1) is 2.17 Å². The van der Waals surface area contributed by atoms with Gasteiger partial charge in [-0.25, -0.2) is 0 Å². The summed E-state index contributed by atoms with van der Waals surface area (Å²) < 4.78 is 3.51. The Hall–Kier alpha value is 0.543. The van der Waals surface area contributed by atoms with Crippen LogP contribution in [0.2, 0.25) is 0 Å². The monoisotopic (exact) mass is 374 g/mol. The number of thioether (sulfide) groups is 1. The topological polar surface area (TPSA) is 0 Å². The van der Waals surface area contributed by atoms with Crippen LogP contribution in [-0.2, 0) is 0 Å². The van der Waals surface area contributed by atoms with Gasteiger partial charge in [-0.1, -0.05) is 0 Å². The fourth-order valence-corrected chi connectivity index (χ4v) is 10.8. The van der Waals surface area contributed by atoms with Crippen molar-refractivity contribution in [2.75, 3.05) is 5.75 Å². The molecule has 1 aromatic rings. The summed E-state index contributed by atoms with van der Waals surface area (Å²) in [5, 5.41) is 3.84. The summed E-state index contributed by atoms with van der Waals surface area (Å²) in [6, 6.07) is 2.30. The van der Waals surface area contributed by atoms with E-state index in [1.54, 1.807) is 15.6 Å². The van der Waals surface area contributed by atoms with E-state index in [1.165, 1.54) is 5.75 Å². The maximum atomic E-state index is 2.45. The molecule has 0 atom stereocenters. The van der Waals surface area contributed by atoms with E-state index in [4.69, 9.17) is 0 Å². The van der Waals surface area contributed by atoms with Crippen LogP contribution < -0.4 is 5.22 Å². The molecule has 3 rings (SSSR count). The van der Waals surface area contributed by atoms with E-state index >= 15 is 0 Å². The molecule has 0 bridgehead atoms. The van der Waals surface area contributed by atoms with Gasteiger partial charge in [-0.15, -0.1) is 0 Å². The zero-order chi connectivity index (χ0) is 7.26. The molecule has 3 heterocycles. The first kappa shape index (κ1) is 7.00. The molecule has 11 heavy (non-hydrogen) atoms. The maximum absolute atomic E-state index is 2.45. The van der Waals surface area contributed by atoms with E-state index < -0.39 is 0 Å². The summed E-state index contributed by atoms with van der Waals surface area (Å²) in [6.45, 7) is 0. The summed E-state index contributed by atoms with van der Waals surface area (Å²) in [6.07, 6.45) is 2.45. The predicted molar refractivity (Wildman–Crippen MR) is 52.5 cm³/mol. The third kappa shape index (κ3) is 0.944. The minimum absolute atomic E-state index is 0.381. The van der Waals surface area contributed by atoms with Crippen molar-refractivity contribution < 1.29 is 0 Å². The Kier molecular flexibility index (Phi) is 1.60. The van der Waals surface area contributed by atoms with Crippen LogP contribution in [0.5, 0.6) is 0 Å².